The molecule has 0 aliphatic carbocycles. The van der Waals surface area contributed by atoms with Crippen molar-refractivity contribution in [3.63, 3.8) is 0 Å². The van der Waals surface area contributed by atoms with Crippen molar-refractivity contribution in [2.75, 3.05) is 5.32 Å². The highest BCUT2D eigenvalue weighted by Crippen LogP contribution is 2.31. The number of nitrogens with one attached hydrogen (secondary N) is 1. The Hall–Kier alpha value is -1.42. The Morgan fingerprint density at radius 1 is 1.47 bits per heavy atom. The molecule has 1 aromatic carbocycles. The highest BCUT2D eigenvalue weighted by atomic mass is 19.1. The van der Waals surface area contributed by atoms with Crippen LogP contribution in [0.2, 0.25) is 0 Å². The van der Waals surface area contributed by atoms with Crippen molar-refractivity contribution in [1.29, 1.82) is 0 Å². The first-order valence-electron chi connectivity index (χ1n) is 4.88. The van der Waals surface area contributed by atoms with E-state index >= 15 is 0 Å². The second-order valence-electron chi connectivity index (χ2n) is 3.75. The second kappa shape index (κ2) is 3.62. The number of aliphatic hydroxyl groups excluding tert-OH is 1. The molecule has 0 saturated carbocycles. The van der Waals surface area contributed by atoms with Crippen LogP contribution in [-0.4, -0.2) is 11.0 Å². The van der Waals surface area contributed by atoms with E-state index in [1.807, 2.05) is 0 Å². The molecule has 1 aliphatic rings. The SMILES string of the molecule is CC(O)c1cc(F)cc2c1NC(=O)CC2. The first-order valence-corrected chi connectivity index (χ1v) is 4.88. The van der Waals surface area contributed by atoms with Crippen molar-refractivity contribution in [2.45, 2.75) is 25.9 Å². The fourth-order valence-corrected chi connectivity index (χ4v) is 1.82. The van der Waals surface area contributed by atoms with Gasteiger partial charge in [-0.1, -0.05) is 0 Å². The third-order valence-corrected chi connectivity index (χ3v) is 2.55. The summed E-state index contributed by atoms with van der Waals surface area (Å²) in [6, 6.07) is 2.66. The van der Waals surface area contributed by atoms with E-state index in [-0.39, 0.29) is 11.7 Å². The molecule has 0 bridgehead atoms. The van der Waals surface area contributed by atoms with Gasteiger partial charge in [-0.2, -0.15) is 0 Å². The van der Waals surface area contributed by atoms with Crippen molar-refractivity contribution >= 4 is 11.6 Å². The van der Waals surface area contributed by atoms with E-state index in [2.05, 4.69) is 5.32 Å². The predicted molar refractivity (Wildman–Crippen MR) is 54.0 cm³/mol. The molecule has 1 aromatic rings. The zero-order valence-electron chi connectivity index (χ0n) is 8.38. The third-order valence-electron chi connectivity index (χ3n) is 2.55. The molecule has 1 aliphatic heterocycles. The van der Waals surface area contributed by atoms with Crippen molar-refractivity contribution in [1.82, 2.24) is 0 Å². The lowest BCUT2D eigenvalue weighted by Gasteiger charge is -2.21. The molecule has 3 nitrogen and oxygen atoms in total. The van der Waals surface area contributed by atoms with Gasteiger partial charge >= 0.3 is 0 Å². The summed E-state index contributed by atoms with van der Waals surface area (Å²) >= 11 is 0. The van der Waals surface area contributed by atoms with Crippen molar-refractivity contribution in [2.24, 2.45) is 0 Å². The van der Waals surface area contributed by atoms with Gasteiger partial charge in [-0.3, -0.25) is 4.79 Å². The minimum Gasteiger partial charge on any atom is -0.389 e. The molecule has 1 heterocycles. The van der Waals surface area contributed by atoms with Crippen LogP contribution in [0.1, 0.15) is 30.6 Å². The molecule has 0 aromatic heterocycles. The van der Waals surface area contributed by atoms with Gasteiger partial charge in [0.2, 0.25) is 5.91 Å². The molecule has 2 rings (SSSR count). The maximum absolute atomic E-state index is 13.2. The number of amides is 1. The lowest BCUT2D eigenvalue weighted by Crippen LogP contribution is -2.21. The van der Waals surface area contributed by atoms with Gasteiger partial charge in [-0.15, -0.1) is 0 Å². The Morgan fingerprint density at radius 2 is 2.20 bits per heavy atom. The van der Waals surface area contributed by atoms with Crippen LogP contribution in [0.15, 0.2) is 12.1 Å². The third kappa shape index (κ3) is 1.85. The summed E-state index contributed by atoms with van der Waals surface area (Å²) in [6.45, 7) is 1.55. The Kier molecular flexibility index (Phi) is 2.44. The number of fused-ring (bicyclic) bond motifs is 1. The standard InChI is InChI=1S/C11H12FNO2/c1-6(14)9-5-8(12)4-7-2-3-10(15)13-11(7)9/h4-6,14H,2-3H2,1H3,(H,13,15). The summed E-state index contributed by atoms with van der Waals surface area (Å²) in [5.74, 6) is -0.461. The van der Waals surface area contributed by atoms with E-state index in [4.69, 9.17) is 0 Å². The molecule has 1 amide bonds. The van der Waals surface area contributed by atoms with E-state index < -0.39 is 6.10 Å². The van der Waals surface area contributed by atoms with Gasteiger partial charge in [0.25, 0.3) is 0 Å². The van der Waals surface area contributed by atoms with Crippen molar-refractivity contribution < 1.29 is 14.3 Å². The van der Waals surface area contributed by atoms with Gasteiger partial charge in [0, 0.05) is 17.7 Å². The zero-order chi connectivity index (χ0) is 11.0. The summed E-state index contributed by atoms with van der Waals surface area (Å²) in [5.41, 5.74) is 1.77. The highest BCUT2D eigenvalue weighted by molar-refractivity contribution is 5.94. The normalized spacial score (nSPS) is 16.9. The fraction of sp³-hybridized carbons (Fsp3) is 0.364. The monoisotopic (exact) mass is 209 g/mol. The van der Waals surface area contributed by atoms with Crippen LogP contribution in [0.4, 0.5) is 10.1 Å². The molecule has 2 N–H and O–H groups in total. The van der Waals surface area contributed by atoms with Crippen LogP contribution in [0.5, 0.6) is 0 Å². The molecule has 0 radical (unpaired) electrons. The number of carbonyl (C=O) groups excluding carboxylic acids is 1. The van der Waals surface area contributed by atoms with E-state index in [0.717, 1.165) is 5.56 Å². The van der Waals surface area contributed by atoms with Crippen LogP contribution < -0.4 is 5.32 Å². The van der Waals surface area contributed by atoms with Gasteiger partial charge < -0.3 is 10.4 Å². The molecular formula is C11H12FNO2. The number of rotatable bonds is 1. The minimum absolute atomic E-state index is 0.0870. The first-order chi connectivity index (χ1) is 7.08. The number of benzene rings is 1. The van der Waals surface area contributed by atoms with Crippen LogP contribution in [0.3, 0.4) is 0 Å². The molecule has 80 valence electrons. The van der Waals surface area contributed by atoms with Gasteiger partial charge in [-0.05, 0) is 31.0 Å². The topological polar surface area (TPSA) is 49.3 Å². The Balaban J connectivity index is 2.55. The summed E-state index contributed by atoms with van der Waals surface area (Å²) in [7, 11) is 0. The van der Waals surface area contributed by atoms with Crippen LogP contribution >= 0.6 is 0 Å². The Morgan fingerprint density at radius 3 is 2.87 bits per heavy atom. The molecular weight excluding hydrogens is 197 g/mol. The van der Waals surface area contributed by atoms with E-state index in [9.17, 15) is 14.3 Å². The summed E-state index contributed by atoms with van der Waals surface area (Å²) < 4.78 is 13.2. The van der Waals surface area contributed by atoms with Crippen molar-refractivity contribution in [3.8, 4) is 0 Å². The largest absolute Gasteiger partial charge is 0.389 e. The van der Waals surface area contributed by atoms with Gasteiger partial charge in [0.05, 0.1) is 6.10 Å². The number of hydrogen-bond donors (Lipinski definition) is 2. The molecule has 0 spiro atoms. The fourth-order valence-electron chi connectivity index (χ4n) is 1.82. The molecule has 4 heteroatoms. The number of halogens is 1. The molecule has 1 unspecified atom stereocenters. The smallest absolute Gasteiger partial charge is 0.224 e. The number of aliphatic hydroxyl groups is 1. The zero-order valence-corrected chi connectivity index (χ0v) is 8.38. The molecule has 0 fully saturated rings. The van der Waals surface area contributed by atoms with Crippen LogP contribution in [0.25, 0.3) is 0 Å². The molecule has 1 atom stereocenters. The average molecular weight is 209 g/mol. The van der Waals surface area contributed by atoms with Gasteiger partial charge in [0.15, 0.2) is 0 Å². The molecule has 0 saturated heterocycles. The Bertz CT molecular complexity index is 415. The summed E-state index contributed by atoms with van der Waals surface area (Å²) in [6.07, 6.45) is 0.113. The number of carbonyl (C=O) groups is 1. The maximum Gasteiger partial charge on any atom is 0.224 e. The maximum atomic E-state index is 13.2. The average Bonchev–Trinajstić information content (AvgIpc) is 2.17. The summed E-state index contributed by atoms with van der Waals surface area (Å²) in [5, 5.41) is 12.1. The summed E-state index contributed by atoms with van der Waals surface area (Å²) in [4.78, 5) is 11.2. The number of hydrogen-bond acceptors (Lipinski definition) is 2. The van der Waals surface area contributed by atoms with Gasteiger partial charge in [0.1, 0.15) is 5.82 Å². The Labute approximate surface area is 86.9 Å². The first kappa shape index (κ1) is 10.1. The second-order valence-corrected chi connectivity index (χ2v) is 3.75. The minimum atomic E-state index is -0.784. The number of anilines is 1. The lowest BCUT2D eigenvalue weighted by molar-refractivity contribution is -0.116. The van der Waals surface area contributed by atoms with Crippen molar-refractivity contribution in [3.05, 3.63) is 29.1 Å². The van der Waals surface area contributed by atoms with E-state index in [1.165, 1.54) is 12.1 Å². The lowest BCUT2D eigenvalue weighted by atomic mass is 9.96. The quantitative estimate of drug-likeness (QED) is 0.740. The predicted octanol–water partition coefficient (Wildman–Crippen LogP) is 1.76. The van der Waals surface area contributed by atoms with Gasteiger partial charge in [-0.25, -0.2) is 4.39 Å². The van der Waals surface area contributed by atoms with Crippen LogP contribution in [-0.2, 0) is 11.2 Å². The number of aryl methyl sites for hydroxylation is 1. The van der Waals surface area contributed by atoms with Crippen LogP contribution in [0, 0.1) is 5.82 Å². The highest BCUT2D eigenvalue weighted by Gasteiger charge is 2.20. The van der Waals surface area contributed by atoms with E-state index in [1.54, 1.807) is 6.92 Å². The van der Waals surface area contributed by atoms with E-state index in [0.29, 0.717) is 24.1 Å². The molecule has 15 heavy (non-hydrogen) atoms.